The van der Waals surface area contributed by atoms with Crippen molar-refractivity contribution in [1.82, 2.24) is 20.5 Å². The van der Waals surface area contributed by atoms with Gasteiger partial charge < -0.3 is 10.4 Å². The summed E-state index contributed by atoms with van der Waals surface area (Å²) >= 11 is 13.1. The van der Waals surface area contributed by atoms with Gasteiger partial charge in [-0.1, -0.05) is 29.3 Å². The molecular formula is C21H21Cl2N5O3S. The van der Waals surface area contributed by atoms with Crippen molar-refractivity contribution in [2.45, 2.75) is 26.8 Å². The number of thiophene rings is 1. The van der Waals surface area contributed by atoms with Crippen LogP contribution < -0.4 is 10.7 Å². The van der Waals surface area contributed by atoms with Crippen LogP contribution in [-0.4, -0.2) is 38.5 Å². The number of hydrazone groups is 1. The molecule has 0 atom stereocenters. The Morgan fingerprint density at radius 1 is 1.12 bits per heavy atom. The lowest BCUT2D eigenvalue weighted by Crippen LogP contribution is -2.29. The maximum Gasteiger partial charge on any atom is 0.281 e. The lowest BCUT2D eigenvalue weighted by Gasteiger charge is -2.05. The lowest BCUT2D eigenvalue weighted by molar-refractivity contribution is 0.0944. The molecule has 0 aliphatic carbocycles. The molecule has 2 aromatic heterocycles. The quantitative estimate of drug-likeness (QED) is 0.348. The zero-order valence-corrected chi connectivity index (χ0v) is 20.1. The minimum atomic E-state index is -0.474. The Morgan fingerprint density at radius 3 is 2.41 bits per heavy atom. The molecule has 3 aromatic rings. The SMILES string of the molecule is C/C(=N\NC(=O)c1ccc(C(=O)NC(C)C)s1)c1nn(C)c(-c2ccc(Cl)c(Cl)c2)c1O. The van der Waals surface area contributed by atoms with Crippen molar-refractivity contribution in [3.8, 4) is 17.0 Å². The van der Waals surface area contributed by atoms with Gasteiger partial charge in [0, 0.05) is 18.7 Å². The summed E-state index contributed by atoms with van der Waals surface area (Å²) in [6, 6.07) is 8.11. The summed E-state index contributed by atoms with van der Waals surface area (Å²) in [5.41, 5.74) is 3.99. The molecule has 3 N–H and O–H groups in total. The van der Waals surface area contributed by atoms with E-state index in [0.717, 1.165) is 11.3 Å². The number of aromatic nitrogens is 2. The fourth-order valence-corrected chi connectivity index (χ4v) is 3.98. The molecule has 0 unspecified atom stereocenters. The topological polar surface area (TPSA) is 109 Å². The highest BCUT2D eigenvalue weighted by molar-refractivity contribution is 7.15. The van der Waals surface area contributed by atoms with Crippen LogP contribution in [0, 0.1) is 0 Å². The van der Waals surface area contributed by atoms with Crippen LogP contribution in [0.5, 0.6) is 5.75 Å². The van der Waals surface area contributed by atoms with Crippen LogP contribution in [0.3, 0.4) is 0 Å². The summed E-state index contributed by atoms with van der Waals surface area (Å²) in [4.78, 5) is 25.2. The number of benzene rings is 1. The third-order valence-corrected chi connectivity index (χ3v) is 6.18. The van der Waals surface area contributed by atoms with Crippen molar-refractivity contribution < 1.29 is 14.7 Å². The van der Waals surface area contributed by atoms with Gasteiger partial charge in [-0.3, -0.25) is 14.3 Å². The zero-order chi connectivity index (χ0) is 23.6. The van der Waals surface area contributed by atoms with Crippen LogP contribution in [0.25, 0.3) is 11.3 Å². The molecule has 1 aromatic carbocycles. The van der Waals surface area contributed by atoms with Gasteiger partial charge in [0.05, 0.1) is 25.5 Å². The molecule has 2 heterocycles. The molecule has 0 saturated heterocycles. The van der Waals surface area contributed by atoms with Gasteiger partial charge in [0.15, 0.2) is 11.4 Å². The van der Waals surface area contributed by atoms with Gasteiger partial charge in [-0.05, 0) is 45.0 Å². The molecule has 11 heteroatoms. The fourth-order valence-electron chi connectivity index (χ4n) is 2.88. The number of rotatable bonds is 6. The van der Waals surface area contributed by atoms with Crippen LogP contribution in [-0.2, 0) is 7.05 Å². The molecule has 0 saturated carbocycles. The Hall–Kier alpha value is -2.88. The normalized spacial score (nSPS) is 11.7. The molecule has 168 valence electrons. The summed E-state index contributed by atoms with van der Waals surface area (Å²) < 4.78 is 1.49. The minimum absolute atomic E-state index is 0.00559. The van der Waals surface area contributed by atoms with Crippen molar-refractivity contribution >= 4 is 52.1 Å². The first-order valence-electron chi connectivity index (χ1n) is 9.55. The minimum Gasteiger partial charge on any atom is -0.504 e. The summed E-state index contributed by atoms with van der Waals surface area (Å²) in [5, 5.41) is 22.6. The molecule has 32 heavy (non-hydrogen) atoms. The molecular weight excluding hydrogens is 473 g/mol. The highest BCUT2D eigenvalue weighted by Gasteiger charge is 2.20. The molecule has 0 aliphatic rings. The number of hydrogen-bond acceptors (Lipinski definition) is 6. The van der Waals surface area contributed by atoms with Gasteiger partial charge in [0.1, 0.15) is 5.69 Å². The van der Waals surface area contributed by atoms with Crippen molar-refractivity contribution in [3.05, 3.63) is 55.8 Å². The number of hydrogen-bond donors (Lipinski definition) is 3. The van der Waals surface area contributed by atoms with Crippen LogP contribution in [0.4, 0.5) is 0 Å². The predicted octanol–water partition coefficient (Wildman–Crippen LogP) is 4.45. The standard InChI is InChI=1S/C21H21Cl2N5O3S/c1-10(2)24-20(30)15-7-8-16(32-15)21(31)26-25-11(3)17-19(29)18(28(4)27-17)12-5-6-13(22)14(23)9-12/h5-10,29H,1-4H3,(H,24,30)(H,26,31)/b25-11+. The Kier molecular flexibility index (Phi) is 7.22. The number of nitrogens with zero attached hydrogens (tertiary/aromatic N) is 3. The van der Waals surface area contributed by atoms with Crippen molar-refractivity contribution in [2.24, 2.45) is 12.1 Å². The first-order chi connectivity index (χ1) is 15.1. The summed E-state index contributed by atoms with van der Waals surface area (Å²) in [6.45, 7) is 5.32. The fraction of sp³-hybridized carbons (Fsp3) is 0.238. The summed E-state index contributed by atoms with van der Waals surface area (Å²) in [5.74, 6) is -0.819. The third kappa shape index (κ3) is 5.12. The first-order valence-corrected chi connectivity index (χ1v) is 11.1. The molecule has 0 aliphatic heterocycles. The molecule has 0 fully saturated rings. The van der Waals surface area contributed by atoms with Gasteiger partial charge in [0.25, 0.3) is 11.8 Å². The first kappa shape index (κ1) is 23.8. The van der Waals surface area contributed by atoms with E-state index in [1.807, 2.05) is 13.8 Å². The van der Waals surface area contributed by atoms with Crippen LogP contribution in [0.1, 0.15) is 45.8 Å². The zero-order valence-electron chi connectivity index (χ0n) is 17.7. The number of carbonyl (C=O) groups is 2. The van der Waals surface area contributed by atoms with E-state index >= 15 is 0 Å². The average molecular weight is 494 g/mol. The van der Waals surface area contributed by atoms with Crippen molar-refractivity contribution in [1.29, 1.82) is 0 Å². The van der Waals surface area contributed by atoms with Crippen molar-refractivity contribution in [2.75, 3.05) is 0 Å². The second kappa shape index (κ2) is 9.72. The Labute approximate surface area is 198 Å². The highest BCUT2D eigenvalue weighted by Crippen LogP contribution is 2.35. The van der Waals surface area contributed by atoms with E-state index in [0.29, 0.717) is 36.8 Å². The molecule has 3 rings (SSSR count). The summed E-state index contributed by atoms with van der Waals surface area (Å²) in [6.07, 6.45) is 0. The van der Waals surface area contributed by atoms with Gasteiger partial charge >= 0.3 is 0 Å². The molecule has 2 amide bonds. The maximum atomic E-state index is 12.4. The Morgan fingerprint density at radius 2 is 1.78 bits per heavy atom. The largest absolute Gasteiger partial charge is 0.504 e. The number of aryl methyl sites for hydroxylation is 1. The number of amides is 2. The second-order valence-corrected chi connectivity index (χ2v) is 9.13. The number of carbonyl (C=O) groups excluding carboxylic acids is 2. The van der Waals surface area contributed by atoms with E-state index in [1.165, 1.54) is 4.68 Å². The Balaban J connectivity index is 1.78. The van der Waals surface area contributed by atoms with Gasteiger partial charge in [-0.2, -0.15) is 10.2 Å². The maximum absolute atomic E-state index is 12.4. The van der Waals surface area contributed by atoms with E-state index in [-0.39, 0.29) is 23.4 Å². The van der Waals surface area contributed by atoms with Gasteiger partial charge in [0.2, 0.25) is 0 Å². The highest BCUT2D eigenvalue weighted by atomic mass is 35.5. The number of nitrogens with one attached hydrogen (secondary N) is 2. The number of aromatic hydroxyl groups is 1. The Bertz CT molecular complexity index is 1220. The van der Waals surface area contributed by atoms with E-state index < -0.39 is 5.91 Å². The van der Waals surface area contributed by atoms with Crippen LogP contribution in [0.2, 0.25) is 10.0 Å². The van der Waals surface area contributed by atoms with E-state index in [4.69, 9.17) is 23.2 Å². The molecule has 8 nitrogen and oxygen atoms in total. The van der Waals surface area contributed by atoms with Crippen molar-refractivity contribution in [3.63, 3.8) is 0 Å². The molecule has 0 bridgehead atoms. The van der Waals surface area contributed by atoms with Crippen LogP contribution in [0.15, 0.2) is 35.4 Å². The molecule has 0 radical (unpaired) electrons. The van der Waals surface area contributed by atoms with E-state index in [2.05, 4.69) is 20.9 Å². The average Bonchev–Trinajstić information content (AvgIpc) is 3.33. The molecule has 0 spiro atoms. The van der Waals surface area contributed by atoms with Gasteiger partial charge in [-0.25, -0.2) is 5.43 Å². The monoisotopic (exact) mass is 493 g/mol. The van der Waals surface area contributed by atoms with Gasteiger partial charge in [-0.15, -0.1) is 11.3 Å². The summed E-state index contributed by atoms with van der Waals surface area (Å²) in [7, 11) is 1.67. The predicted molar refractivity (Wildman–Crippen MR) is 127 cm³/mol. The van der Waals surface area contributed by atoms with E-state index in [9.17, 15) is 14.7 Å². The third-order valence-electron chi connectivity index (χ3n) is 4.36. The lowest BCUT2D eigenvalue weighted by atomic mass is 10.1. The number of halogens is 2. The second-order valence-electron chi connectivity index (χ2n) is 7.23. The van der Waals surface area contributed by atoms with E-state index in [1.54, 1.807) is 44.3 Å². The van der Waals surface area contributed by atoms with Crippen LogP contribution >= 0.6 is 34.5 Å². The smallest absolute Gasteiger partial charge is 0.281 e.